The van der Waals surface area contributed by atoms with Crippen LogP contribution in [0.5, 0.6) is 0 Å². The monoisotopic (exact) mass is 436 g/mol. The predicted molar refractivity (Wildman–Crippen MR) is 140 cm³/mol. The Morgan fingerprint density at radius 3 is 2.53 bits per heavy atom. The molecule has 0 atom stereocenters. The van der Waals surface area contributed by atoms with Crippen molar-refractivity contribution in [3.63, 3.8) is 0 Å². The molecule has 1 aliphatic heterocycles. The molecule has 0 radical (unpaired) electrons. The maximum absolute atomic E-state index is 9.08. The van der Waals surface area contributed by atoms with Crippen molar-refractivity contribution in [2.75, 3.05) is 27.2 Å². The van der Waals surface area contributed by atoms with E-state index in [1.54, 1.807) is 18.4 Å². The van der Waals surface area contributed by atoms with Gasteiger partial charge in [0.05, 0.1) is 12.3 Å². The third-order valence-electron chi connectivity index (χ3n) is 5.01. The van der Waals surface area contributed by atoms with Crippen molar-refractivity contribution in [2.45, 2.75) is 33.6 Å². The molecule has 0 unspecified atom stereocenters. The summed E-state index contributed by atoms with van der Waals surface area (Å²) in [7, 11) is 3.80. The highest BCUT2D eigenvalue weighted by Crippen LogP contribution is 2.26. The number of rotatable bonds is 14. The SMILES string of the molecule is C=C/C(C(=N)C(=C\NCC(=C)NCCCC)/C(C=C)=C1\N=CC=CN1C)=C(/NC)C(C)C. The lowest BCUT2D eigenvalue weighted by Crippen LogP contribution is -2.25. The van der Waals surface area contributed by atoms with Gasteiger partial charge in [0.15, 0.2) is 0 Å². The van der Waals surface area contributed by atoms with E-state index in [0.717, 1.165) is 47.7 Å². The summed E-state index contributed by atoms with van der Waals surface area (Å²) in [6.07, 6.45) is 13.1. The summed E-state index contributed by atoms with van der Waals surface area (Å²) >= 11 is 0. The van der Waals surface area contributed by atoms with Crippen LogP contribution in [-0.2, 0) is 0 Å². The van der Waals surface area contributed by atoms with E-state index in [0.29, 0.717) is 17.8 Å². The number of nitrogens with zero attached hydrogens (tertiary/aromatic N) is 2. The molecule has 4 N–H and O–H groups in total. The van der Waals surface area contributed by atoms with Crippen LogP contribution >= 0.6 is 0 Å². The molecule has 0 amide bonds. The zero-order chi connectivity index (χ0) is 24.1. The van der Waals surface area contributed by atoms with Crippen LogP contribution < -0.4 is 16.0 Å². The second-order valence-corrected chi connectivity index (χ2v) is 7.81. The fourth-order valence-corrected chi connectivity index (χ4v) is 3.32. The first-order chi connectivity index (χ1) is 15.3. The molecule has 1 heterocycles. The van der Waals surface area contributed by atoms with Gasteiger partial charge in [-0.3, -0.25) is 5.41 Å². The summed E-state index contributed by atoms with van der Waals surface area (Å²) in [5.74, 6) is 0.933. The van der Waals surface area contributed by atoms with E-state index in [4.69, 9.17) is 5.41 Å². The smallest absolute Gasteiger partial charge is 0.140 e. The molecule has 0 saturated heterocycles. The van der Waals surface area contributed by atoms with Crippen molar-refractivity contribution < 1.29 is 0 Å². The molecular formula is C26H40N6. The van der Waals surface area contributed by atoms with Gasteiger partial charge in [-0.15, -0.1) is 0 Å². The number of hydrogen-bond donors (Lipinski definition) is 4. The fourth-order valence-electron chi connectivity index (χ4n) is 3.32. The summed E-state index contributed by atoms with van der Waals surface area (Å²) in [4.78, 5) is 6.45. The van der Waals surface area contributed by atoms with Crippen molar-refractivity contribution in [3.8, 4) is 0 Å². The van der Waals surface area contributed by atoms with Gasteiger partial charge in [-0.25, -0.2) is 4.99 Å². The van der Waals surface area contributed by atoms with E-state index >= 15 is 0 Å². The van der Waals surface area contributed by atoms with Crippen LogP contribution in [0.1, 0.15) is 33.6 Å². The van der Waals surface area contributed by atoms with Gasteiger partial charge in [-0.05, 0) is 18.4 Å². The van der Waals surface area contributed by atoms with Gasteiger partial charge in [0.2, 0.25) is 0 Å². The summed E-state index contributed by atoms with van der Waals surface area (Å²) in [5, 5.41) is 19.0. The van der Waals surface area contributed by atoms with Crippen molar-refractivity contribution in [1.29, 1.82) is 5.41 Å². The lowest BCUT2D eigenvalue weighted by Gasteiger charge is -2.23. The topological polar surface area (TPSA) is 75.5 Å². The van der Waals surface area contributed by atoms with Gasteiger partial charge in [-0.1, -0.05) is 59.1 Å². The van der Waals surface area contributed by atoms with Crippen molar-refractivity contribution in [2.24, 2.45) is 10.9 Å². The van der Waals surface area contributed by atoms with Crippen LogP contribution in [0.4, 0.5) is 0 Å². The molecule has 6 heteroatoms. The molecule has 1 rings (SSSR count). The summed E-state index contributed by atoms with van der Waals surface area (Å²) in [5.41, 5.74) is 4.38. The molecule has 0 bridgehead atoms. The summed E-state index contributed by atoms with van der Waals surface area (Å²) < 4.78 is 0. The number of aliphatic imine (C=N–C) groups is 1. The number of allylic oxidation sites excluding steroid dienone is 7. The molecule has 0 aromatic carbocycles. The Kier molecular flexibility index (Phi) is 11.6. The molecule has 0 aromatic heterocycles. The first kappa shape index (κ1) is 26.8. The van der Waals surface area contributed by atoms with E-state index in [1.165, 1.54) is 0 Å². The molecule has 0 aromatic rings. The Balaban J connectivity index is 3.42. The minimum Gasteiger partial charge on any atom is -0.391 e. The van der Waals surface area contributed by atoms with Gasteiger partial charge in [-0.2, -0.15) is 0 Å². The van der Waals surface area contributed by atoms with Crippen molar-refractivity contribution in [3.05, 3.63) is 84.3 Å². The molecule has 0 saturated carbocycles. The van der Waals surface area contributed by atoms with E-state index in [9.17, 15) is 0 Å². The third kappa shape index (κ3) is 7.45. The van der Waals surface area contributed by atoms with Crippen LogP contribution in [-0.4, -0.2) is 44.0 Å². The van der Waals surface area contributed by atoms with Crippen molar-refractivity contribution >= 4 is 11.9 Å². The second kappa shape index (κ2) is 13.9. The van der Waals surface area contributed by atoms with Crippen LogP contribution in [0.15, 0.2) is 89.3 Å². The molecule has 0 aliphatic carbocycles. The second-order valence-electron chi connectivity index (χ2n) is 7.81. The average molecular weight is 437 g/mol. The zero-order valence-electron chi connectivity index (χ0n) is 20.4. The molecule has 0 fully saturated rings. The van der Waals surface area contributed by atoms with Gasteiger partial charge >= 0.3 is 0 Å². The van der Waals surface area contributed by atoms with Gasteiger partial charge in [0.1, 0.15) is 5.82 Å². The number of unbranched alkanes of at least 4 members (excludes halogenated alkanes) is 1. The zero-order valence-corrected chi connectivity index (χ0v) is 20.4. The standard InChI is InChI=1S/C26H40N6/c1-9-12-14-30-20(6)17-29-18-23(21(10-2)26-31-15-13-16-32(26)8)24(27)22(11-3)25(28-7)19(4)5/h10-11,13,15-16,18-19,27-30H,2-3,6,9,12,14,17H2,1,4-5,7-8H3/b23-18-,25-22-,26-21+,27-24?. The summed E-state index contributed by atoms with van der Waals surface area (Å²) in [6.45, 7) is 19.9. The molecule has 174 valence electrons. The van der Waals surface area contributed by atoms with Crippen LogP contribution in [0.3, 0.4) is 0 Å². The molecule has 6 nitrogen and oxygen atoms in total. The third-order valence-corrected chi connectivity index (χ3v) is 5.01. The molecule has 0 spiro atoms. The van der Waals surface area contributed by atoms with Crippen LogP contribution in [0, 0.1) is 11.3 Å². The Labute approximate surface area is 194 Å². The maximum Gasteiger partial charge on any atom is 0.140 e. The summed E-state index contributed by atoms with van der Waals surface area (Å²) in [6, 6.07) is 0. The highest BCUT2D eigenvalue weighted by molar-refractivity contribution is 6.15. The first-order valence-electron chi connectivity index (χ1n) is 11.1. The van der Waals surface area contributed by atoms with Gasteiger partial charge in [0, 0.05) is 67.4 Å². The lowest BCUT2D eigenvalue weighted by molar-refractivity contribution is 0.554. The lowest BCUT2D eigenvalue weighted by atomic mass is 9.92. The number of nitrogens with one attached hydrogen (secondary N) is 4. The largest absolute Gasteiger partial charge is 0.391 e. The Morgan fingerprint density at radius 1 is 1.28 bits per heavy atom. The van der Waals surface area contributed by atoms with E-state index < -0.39 is 0 Å². The highest BCUT2D eigenvalue weighted by Gasteiger charge is 2.21. The van der Waals surface area contributed by atoms with Crippen LogP contribution in [0.25, 0.3) is 0 Å². The van der Waals surface area contributed by atoms with E-state index in [-0.39, 0.29) is 5.92 Å². The first-order valence-corrected chi connectivity index (χ1v) is 11.1. The highest BCUT2D eigenvalue weighted by atomic mass is 15.2. The Hall–Kier alpha value is -3.28. The predicted octanol–water partition coefficient (Wildman–Crippen LogP) is 4.63. The average Bonchev–Trinajstić information content (AvgIpc) is 2.77. The van der Waals surface area contributed by atoms with E-state index in [1.807, 2.05) is 37.5 Å². The van der Waals surface area contributed by atoms with Gasteiger partial charge < -0.3 is 20.9 Å². The molecule has 1 aliphatic rings. The Morgan fingerprint density at radius 2 is 2.00 bits per heavy atom. The number of hydrogen-bond acceptors (Lipinski definition) is 6. The van der Waals surface area contributed by atoms with Crippen LogP contribution in [0.2, 0.25) is 0 Å². The molecular weight excluding hydrogens is 396 g/mol. The normalized spacial score (nSPS) is 15.8. The molecule has 32 heavy (non-hydrogen) atoms. The maximum atomic E-state index is 9.08. The minimum absolute atomic E-state index is 0.211. The van der Waals surface area contributed by atoms with E-state index in [2.05, 4.69) is 61.5 Å². The fraction of sp³-hybridized carbons (Fsp3) is 0.385. The van der Waals surface area contributed by atoms with Gasteiger partial charge in [0.25, 0.3) is 0 Å². The quantitative estimate of drug-likeness (QED) is 0.182. The van der Waals surface area contributed by atoms with Crippen molar-refractivity contribution in [1.82, 2.24) is 20.9 Å². The Bertz CT molecular complexity index is 852. The minimum atomic E-state index is 0.211.